The van der Waals surface area contributed by atoms with E-state index in [-0.39, 0.29) is 5.57 Å². The average molecular weight is 151 g/mol. The van der Waals surface area contributed by atoms with E-state index >= 15 is 0 Å². The average Bonchev–Trinajstić information content (AvgIpc) is 1.99. The molecule has 0 heterocycles. The van der Waals surface area contributed by atoms with Crippen LogP contribution >= 0.6 is 0 Å². The van der Waals surface area contributed by atoms with Crippen LogP contribution in [-0.4, -0.2) is 12.1 Å². The summed E-state index contributed by atoms with van der Waals surface area (Å²) in [6, 6.07) is 1.74. The highest BCUT2D eigenvalue weighted by Crippen LogP contribution is 1.97. The zero-order chi connectivity index (χ0) is 8.85. The molecule has 0 aliphatic heterocycles. The van der Waals surface area contributed by atoms with Crippen LogP contribution in [0, 0.1) is 11.3 Å². The summed E-state index contributed by atoms with van der Waals surface area (Å²) in [6.07, 6.45) is 0.375. The van der Waals surface area contributed by atoms with Crippen LogP contribution in [0.2, 0.25) is 0 Å². The summed E-state index contributed by atoms with van der Waals surface area (Å²) in [7, 11) is 0. The predicted molar refractivity (Wildman–Crippen MR) is 40.5 cm³/mol. The van der Waals surface area contributed by atoms with Gasteiger partial charge in [-0.25, -0.2) is 4.79 Å². The van der Waals surface area contributed by atoms with Gasteiger partial charge in [0.05, 0.1) is 0 Å². The Labute approximate surface area is 65.6 Å². The minimum absolute atomic E-state index is 0.270. The molecule has 58 valence electrons. The minimum Gasteiger partial charge on any atom is -0.439 e. The molecule has 0 N–H and O–H groups in total. The van der Waals surface area contributed by atoms with E-state index in [1.807, 2.05) is 0 Å². The van der Waals surface area contributed by atoms with Gasteiger partial charge in [-0.15, -0.1) is 0 Å². The first-order valence-electron chi connectivity index (χ1n) is 3.00. The second kappa shape index (κ2) is 4.29. The van der Waals surface area contributed by atoms with Gasteiger partial charge in [0.2, 0.25) is 6.10 Å². The second-order valence-electron chi connectivity index (χ2n) is 1.97. The van der Waals surface area contributed by atoms with Crippen LogP contribution in [0.3, 0.4) is 0 Å². The van der Waals surface area contributed by atoms with Crippen molar-refractivity contribution in [1.29, 1.82) is 5.26 Å². The number of carbonyl (C=O) groups excluding carboxylic acids is 1. The van der Waals surface area contributed by atoms with Gasteiger partial charge in [0.1, 0.15) is 6.07 Å². The third kappa shape index (κ3) is 3.21. The van der Waals surface area contributed by atoms with Gasteiger partial charge in [-0.2, -0.15) is 5.26 Å². The Hall–Kier alpha value is -1.56. The molecule has 0 aliphatic rings. The molecule has 1 atom stereocenters. The quantitative estimate of drug-likeness (QED) is 0.346. The fourth-order valence-corrected chi connectivity index (χ4v) is 0.343. The summed E-state index contributed by atoms with van der Waals surface area (Å²) in [5, 5.41) is 8.33. The fraction of sp³-hybridized carbons (Fsp3) is 0.250. The highest BCUT2D eigenvalue weighted by Gasteiger charge is 2.09. The lowest BCUT2D eigenvalue weighted by molar-refractivity contribution is -0.140. The fourth-order valence-electron chi connectivity index (χ4n) is 0.343. The van der Waals surface area contributed by atoms with E-state index in [0.29, 0.717) is 0 Å². The molecule has 0 aromatic rings. The molecule has 0 rings (SSSR count). The monoisotopic (exact) mass is 151 g/mol. The number of hydrogen-bond acceptors (Lipinski definition) is 3. The zero-order valence-corrected chi connectivity index (χ0v) is 6.33. The number of nitrogens with zero attached hydrogens (tertiary/aromatic N) is 1. The first kappa shape index (κ1) is 9.44. The topological polar surface area (TPSA) is 50.1 Å². The molecule has 0 fully saturated rings. The largest absolute Gasteiger partial charge is 0.439 e. The Kier molecular flexibility index (Phi) is 3.68. The number of carbonyl (C=O) groups is 1. The number of nitriles is 1. The Bertz CT molecular complexity index is 225. The third-order valence-electron chi connectivity index (χ3n) is 0.924. The molecular weight excluding hydrogens is 142 g/mol. The van der Waals surface area contributed by atoms with Gasteiger partial charge in [-0.05, 0) is 13.0 Å². The highest BCUT2D eigenvalue weighted by molar-refractivity contribution is 5.87. The van der Waals surface area contributed by atoms with E-state index in [1.165, 1.54) is 13.0 Å². The summed E-state index contributed by atoms with van der Waals surface area (Å²) < 4.78 is 4.59. The maximum Gasteiger partial charge on any atom is 0.334 e. The molecule has 0 bridgehead atoms. The van der Waals surface area contributed by atoms with Crippen molar-refractivity contribution in [2.75, 3.05) is 0 Å². The van der Waals surface area contributed by atoms with Crippen LogP contribution in [0.4, 0.5) is 0 Å². The molecule has 0 spiro atoms. The molecule has 0 saturated carbocycles. The van der Waals surface area contributed by atoms with Crippen molar-refractivity contribution in [2.45, 2.75) is 13.0 Å². The number of hydrogen-bond donors (Lipinski definition) is 0. The Morgan fingerprint density at radius 1 is 1.82 bits per heavy atom. The molecule has 0 aromatic carbocycles. The summed E-state index contributed by atoms with van der Waals surface area (Å²) in [6.45, 7) is 8.19. The molecule has 3 heteroatoms. The molecular formula is C8H9NO2. The lowest BCUT2D eigenvalue weighted by Crippen LogP contribution is -2.13. The normalized spacial score (nSPS) is 10.9. The molecule has 0 aliphatic carbocycles. The van der Waals surface area contributed by atoms with Crippen LogP contribution in [0.15, 0.2) is 24.8 Å². The Morgan fingerprint density at radius 3 is 2.64 bits per heavy atom. The van der Waals surface area contributed by atoms with Gasteiger partial charge in [0, 0.05) is 5.57 Å². The molecule has 1 unspecified atom stereocenters. The first-order chi connectivity index (χ1) is 5.11. The third-order valence-corrected chi connectivity index (χ3v) is 0.924. The van der Waals surface area contributed by atoms with Crippen molar-refractivity contribution in [2.24, 2.45) is 0 Å². The van der Waals surface area contributed by atoms with Crippen LogP contribution in [-0.2, 0) is 9.53 Å². The highest BCUT2D eigenvalue weighted by atomic mass is 16.5. The van der Waals surface area contributed by atoms with Gasteiger partial charge < -0.3 is 4.74 Å². The van der Waals surface area contributed by atoms with E-state index in [4.69, 9.17) is 5.26 Å². The second-order valence-corrected chi connectivity index (χ2v) is 1.97. The minimum atomic E-state index is -0.876. The maximum atomic E-state index is 10.8. The van der Waals surface area contributed by atoms with Gasteiger partial charge in [0.25, 0.3) is 0 Å². The van der Waals surface area contributed by atoms with Gasteiger partial charge >= 0.3 is 5.97 Å². The molecule has 11 heavy (non-hydrogen) atoms. The van der Waals surface area contributed by atoms with Crippen LogP contribution in [0.5, 0.6) is 0 Å². The van der Waals surface area contributed by atoms with E-state index in [9.17, 15) is 4.79 Å². The lowest BCUT2D eigenvalue weighted by atomic mass is 10.3. The zero-order valence-electron chi connectivity index (χ0n) is 6.33. The maximum absolute atomic E-state index is 10.8. The van der Waals surface area contributed by atoms with Gasteiger partial charge in [-0.1, -0.05) is 13.2 Å². The first-order valence-corrected chi connectivity index (χ1v) is 3.00. The summed E-state index contributed by atoms with van der Waals surface area (Å²) in [4.78, 5) is 10.8. The summed E-state index contributed by atoms with van der Waals surface area (Å²) >= 11 is 0. The summed E-state index contributed by atoms with van der Waals surface area (Å²) in [5.74, 6) is -0.573. The number of rotatable bonds is 3. The van der Waals surface area contributed by atoms with E-state index in [1.54, 1.807) is 6.07 Å². The molecule has 3 nitrogen and oxygen atoms in total. The Balaban J connectivity index is 4.05. The van der Waals surface area contributed by atoms with Crippen molar-refractivity contribution >= 4 is 5.97 Å². The van der Waals surface area contributed by atoms with Crippen molar-refractivity contribution in [3.05, 3.63) is 24.8 Å². The smallest absolute Gasteiger partial charge is 0.334 e. The predicted octanol–water partition coefficient (Wildman–Crippen LogP) is 1.18. The SMILES string of the molecule is C=CC(C#N)OC(=O)C(=C)C. The lowest BCUT2D eigenvalue weighted by Gasteiger charge is -2.04. The van der Waals surface area contributed by atoms with Gasteiger partial charge in [0.15, 0.2) is 0 Å². The van der Waals surface area contributed by atoms with Crippen molar-refractivity contribution in [1.82, 2.24) is 0 Å². The van der Waals surface area contributed by atoms with Crippen molar-refractivity contribution < 1.29 is 9.53 Å². The molecule has 0 radical (unpaired) electrons. The number of esters is 1. The van der Waals surface area contributed by atoms with Crippen LogP contribution in [0.25, 0.3) is 0 Å². The molecule has 0 saturated heterocycles. The molecule has 0 amide bonds. The van der Waals surface area contributed by atoms with Crippen molar-refractivity contribution in [3.63, 3.8) is 0 Å². The van der Waals surface area contributed by atoms with Crippen LogP contribution in [0.1, 0.15) is 6.92 Å². The summed E-state index contributed by atoms with van der Waals surface area (Å²) in [5.41, 5.74) is 0.270. The Morgan fingerprint density at radius 2 is 2.36 bits per heavy atom. The van der Waals surface area contributed by atoms with Gasteiger partial charge in [-0.3, -0.25) is 0 Å². The van der Waals surface area contributed by atoms with Crippen LogP contribution < -0.4 is 0 Å². The number of ether oxygens (including phenoxy) is 1. The standard InChI is InChI=1S/C8H9NO2/c1-4-7(5-9)11-8(10)6(2)3/h4,7H,1-2H2,3H3. The van der Waals surface area contributed by atoms with E-state index < -0.39 is 12.1 Å². The molecule has 0 aromatic heterocycles. The van der Waals surface area contributed by atoms with Crippen molar-refractivity contribution in [3.8, 4) is 6.07 Å². The van der Waals surface area contributed by atoms with E-state index in [0.717, 1.165) is 0 Å². The van der Waals surface area contributed by atoms with E-state index in [2.05, 4.69) is 17.9 Å².